The van der Waals surface area contributed by atoms with Crippen molar-refractivity contribution >= 4 is 5.91 Å². The predicted molar refractivity (Wildman–Crippen MR) is 75.6 cm³/mol. The molecule has 2 N–H and O–H groups in total. The second-order valence-corrected chi connectivity index (χ2v) is 5.90. The standard InChI is InChI=1S/C16H19N3O/c17-10-12-2-1-3-13(8-12)11-19-15(20)14-9-16(14)4-6-18-7-5-16/h1-3,8,14,18H,4-7,9,11H2,(H,19,20). The number of hydrogen-bond acceptors (Lipinski definition) is 3. The summed E-state index contributed by atoms with van der Waals surface area (Å²) in [5.74, 6) is 0.373. The van der Waals surface area contributed by atoms with Gasteiger partial charge in [-0.2, -0.15) is 5.26 Å². The zero-order valence-corrected chi connectivity index (χ0v) is 11.5. The first kappa shape index (κ1) is 13.1. The van der Waals surface area contributed by atoms with E-state index in [9.17, 15) is 4.79 Å². The van der Waals surface area contributed by atoms with Gasteiger partial charge in [-0.1, -0.05) is 12.1 Å². The van der Waals surface area contributed by atoms with Crippen LogP contribution in [-0.2, 0) is 11.3 Å². The van der Waals surface area contributed by atoms with E-state index in [1.54, 1.807) is 6.07 Å². The first-order valence-electron chi connectivity index (χ1n) is 7.21. The average molecular weight is 269 g/mol. The SMILES string of the molecule is N#Cc1cccc(CNC(=O)C2CC23CCNCC3)c1. The zero-order chi connectivity index (χ0) is 14.0. The van der Waals surface area contributed by atoms with E-state index in [1.165, 1.54) is 0 Å². The molecule has 104 valence electrons. The van der Waals surface area contributed by atoms with Crippen molar-refractivity contribution in [3.8, 4) is 6.07 Å². The van der Waals surface area contributed by atoms with Gasteiger partial charge in [-0.3, -0.25) is 4.79 Å². The maximum absolute atomic E-state index is 12.2. The minimum Gasteiger partial charge on any atom is -0.352 e. The van der Waals surface area contributed by atoms with E-state index in [0.29, 0.717) is 12.1 Å². The lowest BCUT2D eigenvalue weighted by molar-refractivity contribution is -0.123. The number of amides is 1. The lowest BCUT2D eigenvalue weighted by Crippen LogP contribution is -2.33. The van der Waals surface area contributed by atoms with Crippen molar-refractivity contribution in [2.24, 2.45) is 11.3 Å². The smallest absolute Gasteiger partial charge is 0.223 e. The van der Waals surface area contributed by atoms with Gasteiger partial charge in [-0.25, -0.2) is 0 Å². The number of nitrogens with zero attached hydrogens (tertiary/aromatic N) is 1. The molecule has 1 aromatic rings. The number of carbonyl (C=O) groups excluding carboxylic acids is 1. The van der Waals surface area contributed by atoms with E-state index < -0.39 is 0 Å². The molecular weight excluding hydrogens is 250 g/mol. The highest BCUT2D eigenvalue weighted by Crippen LogP contribution is 2.58. The van der Waals surface area contributed by atoms with Crippen LogP contribution < -0.4 is 10.6 Å². The molecule has 1 aliphatic carbocycles. The van der Waals surface area contributed by atoms with Crippen LogP contribution in [0.2, 0.25) is 0 Å². The summed E-state index contributed by atoms with van der Waals surface area (Å²) in [4.78, 5) is 12.2. The van der Waals surface area contributed by atoms with Gasteiger partial charge in [0.25, 0.3) is 0 Å². The van der Waals surface area contributed by atoms with Crippen molar-refractivity contribution in [2.45, 2.75) is 25.8 Å². The van der Waals surface area contributed by atoms with E-state index in [2.05, 4.69) is 16.7 Å². The molecule has 1 aliphatic heterocycles. The molecule has 20 heavy (non-hydrogen) atoms. The molecule has 2 aliphatic rings. The molecule has 3 rings (SSSR count). The van der Waals surface area contributed by atoms with Crippen molar-refractivity contribution < 1.29 is 4.79 Å². The van der Waals surface area contributed by atoms with Crippen LogP contribution in [0.3, 0.4) is 0 Å². The molecule has 4 nitrogen and oxygen atoms in total. The van der Waals surface area contributed by atoms with Crippen LogP contribution in [-0.4, -0.2) is 19.0 Å². The largest absolute Gasteiger partial charge is 0.352 e. The van der Waals surface area contributed by atoms with Gasteiger partial charge in [0, 0.05) is 12.5 Å². The number of carbonyl (C=O) groups is 1. The third-order valence-corrected chi connectivity index (χ3v) is 4.63. The monoisotopic (exact) mass is 269 g/mol. The molecule has 1 saturated carbocycles. The molecule has 1 atom stereocenters. The fourth-order valence-electron chi connectivity index (χ4n) is 3.26. The third kappa shape index (κ3) is 2.54. The van der Waals surface area contributed by atoms with E-state index in [1.807, 2.05) is 18.2 Å². The first-order chi connectivity index (χ1) is 9.73. The van der Waals surface area contributed by atoms with E-state index >= 15 is 0 Å². The summed E-state index contributed by atoms with van der Waals surface area (Å²) < 4.78 is 0. The number of hydrogen-bond donors (Lipinski definition) is 2. The first-order valence-corrected chi connectivity index (χ1v) is 7.21. The minimum atomic E-state index is 0.175. The topological polar surface area (TPSA) is 64.9 Å². The Hall–Kier alpha value is -1.86. The highest BCUT2D eigenvalue weighted by molar-refractivity contribution is 5.82. The summed E-state index contributed by atoms with van der Waals surface area (Å²) in [6, 6.07) is 9.51. The molecule has 1 heterocycles. The van der Waals surface area contributed by atoms with Gasteiger partial charge in [-0.15, -0.1) is 0 Å². The number of piperidine rings is 1. The van der Waals surface area contributed by atoms with Gasteiger partial charge in [0.15, 0.2) is 0 Å². The summed E-state index contributed by atoms with van der Waals surface area (Å²) in [6.07, 6.45) is 3.28. The quantitative estimate of drug-likeness (QED) is 0.875. The number of nitriles is 1. The van der Waals surface area contributed by atoms with Crippen LogP contribution in [0.15, 0.2) is 24.3 Å². The summed E-state index contributed by atoms with van der Waals surface area (Å²) >= 11 is 0. The molecule has 1 saturated heterocycles. The molecule has 4 heteroatoms. The Morgan fingerprint density at radius 3 is 3.00 bits per heavy atom. The molecule has 0 radical (unpaired) electrons. The van der Waals surface area contributed by atoms with Crippen molar-refractivity contribution in [2.75, 3.05) is 13.1 Å². The number of nitrogens with one attached hydrogen (secondary N) is 2. The molecule has 0 aromatic heterocycles. The summed E-state index contributed by atoms with van der Waals surface area (Å²) in [6.45, 7) is 2.58. The number of benzene rings is 1. The van der Waals surface area contributed by atoms with Crippen LogP contribution in [0.25, 0.3) is 0 Å². The van der Waals surface area contributed by atoms with E-state index in [0.717, 1.165) is 37.9 Å². The van der Waals surface area contributed by atoms with E-state index in [4.69, 9.17) is 5.26 Å². The van der Waals surface area contributed by atoms with Crippen LogP contribution in [0.1, 0.15) is 30.4 Å². The van der Waals surface area contributed by atoms with Crippen molar-refractivity contribution in [3.05, 3.63) is 35.4 Å². The fourth-order valence-corrected chi connectivity index (χ4v) is 3.26. The van der Waals surface area contributed by atoms with Gasteiger partial charge >= 0.3 is 0 Å². The van der Waals surface area contributed by atoms with Crippen LogP contribution in [0.4, 0.5) is 0 Å². The van der Waals surface area contributed by atoms with Gasteiger partial charge < -0.3 is 10.6 Å². The summed E-state index contributed by atoms with van der Waals surface area (Å²) in [5, 5.41) is 15.2. The molecule has 1 spiro atoms. The van der Waals surface area contributed by atoms with Crippen molar-refractivity contribution in [1.82, 2.24) is 10.6 Å². The Bertz CT molecular complexity index is 555. The Morgan fingerprint density at radius 1 is 1.45 bits per heavy atom. The summed E-state index contributed by atoms with van der Waals surface area (Å²) in [7, 11) is 0. The summed E-state index contributed by atoms with van der Waals surface area (Å²) in [5.41, 5.74) is 1.90. The van der Waals surface area contributed by atoms with E-state index in [-0.39, 0.29) is 17.2 Å². The lowest BCUT2D eigenvalue weighted by Gasteiger charge is -2.23. The fraction of sp³-hybridized carbons (Fsp3) is 0.500. The van der Waals surface area contributed by atoms with Gasteiger partial charge in [0.2, 0.25) is 5.91 Å². The molecule has 1 amide bonds. The Balaban J connectivity index is 1.54. The van der Waals surface area contributed by atoms with Crippen LogP contribution >= 0.6 is 0 Å². The minimum absolute atomic E-state index is 0.175. The highest BCUT2D eigenvalue weighted by Gasteiger charge is 2.57. The average Bonchev–Trinajstić information content (AvgIpc) is 3.19. The number of rotatable bonds is 3. The maximum Gasteiger partial charge on any atom is 0.223 e. The van der Waals surface area contributed by atoms with Crippen molar-refractivity contribution in [1.29, 1.82) is 5.26 Å². The molecule has 2 fully saturated rings. The third-order valence-electron chi connectivity index (χ3n) is 4.63. The molecule has 1 aromatic carbocycles. The van der Waals surface area contributed by atoms with Crippen LogP contribution in [0.5, 0.6) is 0 Å². The maximum atomic E-state index is 12.2. The molecule has 0 bridgehead atoms. The zero-order valence-electron chi connectivity index (χ0n) is 11.5. The lowest BCUT2D eigenvalue weighted by atomic mass is 9.92. The molecule has 1 unspecified atom stereocenters. The second-order valence-electron chi connectivity index (χ2n) is 5.90. The van der Waals surface area contributed by atoms with Gasteiger partial charge in [0.05, 0.1) is 11.6 Å². The Kier molecular flexibility index (Phi) is 3.45. The highest BCUT2D eigenvalue weighted by atomic mass is 16.2. The normalized spacial score (nSPS) is 23.1. The van der Waals surface area contributed by atoms with Crippen molar-refractivity contribution in [3.63, 3.8) is 0 Å². The molecular formula is C16H19N3O. The Morgan fingerprint density at radius 2 is 2.25 bits per heavy atom. The predicted octanol–water partition coefficient (Wildman–Crippen LogP) is 1.56. The van der Waals surface area contributed by atoms with Gasteiger partial charge in [-0.05, 0) is 55.5 Å². The Labute approximate surface area is 119 Å². The van der Waals surface area contributed by atoms with Crippen LogP contribution in [0, 0.1) is 22.7 Å². The van der Waals surface area contributed by atoms with Gasteiger partial charge in [0.1, 0.15) is 0 Å². The second kappa shape index (κ2) is 5.26.